The van der Waals surface area contributed by atoms with E-state index in [1.54, 1.807) is 0 Å². The van der Waals surface area contributed by atoms with Gasteiger partial charge in [-0.1, -0.05) is 0 Å². The van der Waals surface area contributed by atoms with Crippen LogP contribution in [0.3, 0.4) is 0 Å². The molecule has 12 nitrogen and oxygen atoms in total. The molecule has 19 heteroatoms. The molecule has 0 spiro atoms. The Morgan fingerprint density at radius 3 is 0.474 bits per heavy atom. The molecule has 2 N–H and O–H groups in total. The molecule has 0 fully saturated rings. The average Bonchev–Trinajstić information content (AvgIpc) is 1.41. The van der Waals surface area contributed by atoms with Gasteiger partial charge in [0, 0.05) is 0 Å². The molecule has 0 heterocycles. The molecule has 0 aromatic carbocycles. The summed E-state index contributed by atoms with van der Waals surface area (Å²) in [6, 6.07) is 0. The summed E-state index contributed by atoms with van der Waals surface area (Å²) in [4.78, 5) is 100. The predicted molar refractivity (Wildman–Crippen MR) is 39.0 cm³/mol. The SMILES string of the molecule is [Al+3].[Al+3].[Al+3].[K+].[O-][Si]([O-])(O)O.[O-][Si]([O-])([O-])[O-].[O-][Si]([O-])([O-])[O-]. The first-order valence-corrected chi connectivity index (χ1v) is 7.47. The quantitative estimate of drug-likeness (QED) is 0.360. The van der Waals surface area contributed by atoms with Gasteiger partial charge in [0.2, 0.25) is 0 Å². The Bertz CT molecular complexity index is 103. The van der Waals surface area contributed by atoms with Crippen molar-refractivity contribution in [3.8, 4) is 0 Å². The summed E-state index contributed by atoms with van der Waals surface area (Å²) in [6.07, 6.45) is 0. The van der Waals surface area contributed by atoms with E-state index in [0.29, 0.717) is 0 Å². The largest absolute Gasteiger partial charge is 3.00 e. The van der Waals surface area contributed by atoms with E-state index < -0.39 is 27.1 Å². The maximum atomic E-state index is 8.80. The van der Waals surface area contributed by atoms with Crippen LogP contribution in [0.2, 0.25) is 0 Å². The van der Waals surface area contributed by atoms with Crippen molar-refractivity contribution in [3.63, 3.8) is 0 Å². The fourth-order valence-corrected chi connectivity index (χ4v) is 0. The molecule has 0 aliphatic heterocycles. The first kappa shape index (κ1) is 43.3. The Morgan fingerprint density at radius 1 is 0.474 bits per heavy atom. The van der Waals surface area contributed by atoms with Crippen LogP contribution in [0.5, 0.6) is 0 Å². The Balaban J connectivity index is -0.0000000206. The van der Waals surface area contributed by atoms with Gasteiger partial charge in [0.05, 0.1) is 0 Å². The van der Waals surface area contributed by atoms with E-state index >= 15 is 0 Å². The molecular formula is H2Al3KO12Si3. The van der Waals surface area contributed by atoms with Gasteiger partial charge >= 0.3 is 103 Å². The van der Waals surface area contributed by atoms with Crippen LogP contribution in [0.1, 0.15) is 0 Å². The van der Waals surface area contributed by atoms with Crippen LogP contribution in [-0.2, 0) is 0 Å². The monoisotopic (exact) mass is 398 g/mol. The van der Waals surface area contributed by atoms with Crippen LogP contribution >= 0.6 is 0 Å². The fraction of sp³-hybridized carbons (Fsp3) is 0. The second-order valence-corrected chi connectivity index (χ2v) is 4.65. The first-order chi connectivity index (χ1) is 6.00. The van der Waals surface area contributed by atoms with Gasteiger partial charge in [-0.15, -0.1) is 0 Å². The van der Waals surface area contributed by atoms with Crippen molar-refractivity contribution in [1.29, 1.82) is 0 Å². The summed E-state index contributed by atoms with van der Waals surface area (Å²) in [5, 5.41) is 0. The Hall–Kier alpha value is 3.40. The summed E-state index contributed by atoms with van der Waals surface area (Å²) >= 11 is 0. The molecule has 0 saturated carbocycles. The number of rotatable bonds is 0. The summed E-state index contributed by atoms with van der Waals surface area (Å²) in [6.45, 7) is 0. The van der Waals surface area contributed by atoms with Crippen molar-refractivity contribution < 1.29 is 109 Å². The van der Waals surface area contributed by atoms with E-state index in [2.05, 4.69) is 0 Å². The summed E-state index contributed by atoms with van der Waals surface area (Å²) in [7, 11) is -16.3. The maximum Gasteiger partial charge on any atom is 3.00 e. The molecule has 96 valence electrons. The molecule has 0 unspecified atom stereocenters. The molecule has 0 aliphatic carbocycles. The second kappa shape index (κ2) is 19.5. The van der Waals surface area contributed by atoms with Crippen LogP contribution in [0, 0.1) is 0 Å². The predicted octanol–water partition coefficient (Wildman–Crippen LogP) is -18.3. The molecule has 0 aliphatic rings. The Kier molecular flexibility index (Phi) is 44.3. The van der Waals surface area contributed by atoms with Gasteiger partial charge in [-0.3, -0.25) is 0 Å². The third kappa shape index (κ3) is 695. The van der Waals surface area contributed by atoms with Crippen LogP contribution in [0.4, 0.5) is 0 Å². The van der Waals surface area contributed by atoms with E-state index in [9.17, 15) is 0 Å². The number of hydrogen-bond donors (Lipinski definition) is 2. The molecule has 0 aromatic rings. The minimum Gasteiger partial charge on any atom is -0.894 e. The van der Waals surface area contributed by atoms with Crippen molar-refractivity contribution >= 4 is 79.2 Å². The summed E-state index contributed by atoms with van der Waals surface area (Å²) < 4.78 is 0. The van der Waals surface area contributed by atoms with Crippen molar-refractivity contribution in [2.45, 2.75) is 0 Å². The normalized spacial score (nSPS) is 9.47. The smallest absolute Gasteiger partial charge is 0.894 e. The maximum absolute atomic E-state index is 8.80. The van der Waals surface area contributed by atoms with Crippen LogP contribution in [0.25, 0.3) is 0 Å². The Morgan fingerprint density at radius 2 is 0.474 bits per heavy atom. The third-order valence-corrected chi connectivity index (χ3v) is 0. The minimum absolute atomic E-state index is 0. The van der Waals surface area contributed by atoms with E-state index in [4.69, 9.17) is 57.5 Å². The van der Waals surface area contributed by atoms with Crippen molar-refractivity contribution in [1.82, 2.24) is 0 Å². The summed E-state index contributed by atoms with van der Waals surface area (Å²) in [5.41, 5.74) is 0. The molecule has 0 radical (unpaired) electrons. The van der Waals surface area contributed by atoms with Gasteiger partial charge in [0.15, 0.2) is 0 Å². The topological polar surface area (TPSA) is 271 Å². The molecular weight excluding hydrogens is 396 g/mol. The molecule has 0 bridgehead atoms. The molecule has 0 atom stereocenters. The molecule has 19 heavy (non-hydrogen) atoms. The first-order valence-electron chi connectivity index (χ1n) is 2.49. The van der Waals surface area contributed by atoms with Gasteiger partial charge in [-0.25, -0.2) is 0 Å². The standard InChI is InChI=1S/3Al.K.H2O4Si.2O4Si/c;;;;3*1-5(2,3)4/h;;;;1-2H;;/q3*+3;+1;-2;2*-4. The van der Waals surface area contributed by atoms with Gasteiger partial charge in [-0.05, 0) is 0 Å². The van der Waals surface area contributed by atoms with Crippen molar-refractivity contribution in [3.05, 3.63) is 0 Å². The van der Waals surface area contributed by atoms with Crippen LogP contribution in [-0.4, -0.2) is 88.8 Å². The molecule has 0 amide bonds. The second-order valence-electron chi connectivity index (χ2n) is 1.55. The van der Waals surface area contributed by atoms with E-state index in [0.717, 1.165) is 0 Å². The molecule has 0 rings (SSSR count). The van der Waals surface area contributed by atoms with Crippen LogP contribution in [0.15, 0.2) is 0 Å². The van der Waals surface area contributed by atoms with Crippen LogP contribution < -0.4 is 99.3 Å². The van der Waals surface area contributed by atoms with Gasteiger partial charge < -0.3 is 75.6 Å². The Labute approximate surface area is 185 Å². The zero-order valence-corrected chi connectivity index (χ0v) is 18.8. The molecule has 0 saturated heterocycles. The van der Waals surface area contributed by atoms with E-state index in [1.165, 1.54) is 0 Å². The fourth-order valence-electron chi connectivity index (χ4n) is 0. The average molecular weight is 398 g/mol. The summed E-state index contributed by atoms with van der Waals surface area (Å²) in [5.74, 6) is 0. The molecule has 0 aromatic heterocycles. The van der Waals surface area contributed by atoms with Gasteiger partial charge in [-0.2, -0.15) is 0 Å². The van der Waals surface area contributed by atoms with Gasteiger partial charge in [0.1, 0.15) is 9.05 Å². The minimum atomic E-state index is -5.61. The third-order valence-electron chi connectivity index (χ3n) is 0. The zero-order valence-electron chi connectivity index (χ0n) is 9.21. The number of hydrogen-bond acceptors (Lipinski definition) is 12. The van der Waals surface area contributed by atoms with Gasteiger partial charge in [0.25, 0.3) is 0 Å². The van der Waals surface area contributed by atoms with E-state index in [1.807, 2.05) is 0 Å². The van der Waals surface area contributed by atoms with E-state index in [-0.39, 0.29) is 103 Å². The van der Waals surface area contributed by atoms with Crippen molar-refractivity contribution in [2.75, 3.05) is 0 Å². The van der Waals surface area contributed by atoms with Crippen molar-refractivity contribution in [2.24, 2.45) is 0 Å². The zero-order chi connectivity index (χ0) is 13.5.